The molecule has 2 heterocycles. The third kappa shape index (κ3) is 5.17. The van der Waals surface area contributed by atoms with Gasteiger partial charge in [-0.1, -0.05) is 62.2 Å². The van der Waals surface area contributed by atoms with Crippen LogP contribution in [0, 0.1) is 0 Å². The Labute approximate surface area is 223 Å². The van der Waals surface area contributed by atoms with Crippen molar-refractivity contribution in [1.82, 2.24) is 4.90 Å². The summed E-state index contributed by atoms with van der Waals surface area (Å²) in [5, 5.41) is 11.5. The highest BCUT2D eigenvalue weighted by Gasteiger charge is 2.46. The molecule has 3 aromatic carbocycles. The molecule has 0 saturated carbocycles. The molecule has 6 nitrogen and oxygen atoms in total. The van der Waals surface area contributed by atoms with Gasteiger partial charge in [0.2, 0.25) is 0 Å². The molecule has 38 heavy (non-hydrogen) atoms. The Morgan fingerprint density at radius 1 is 1.03 bits per heavy atom. The molecule has 1 saturated heterocycles. The molecule has 6 heteroatoms. The Morgan fingerprint density at radius 3 is 2.53 bits per heavy atom. The van der Waals surface area contributed by atoms with E-state index in [1.165, 1.54) is 0 Å². The lowest BCUT2D eigenvalue weighted by atomic mass is 9.94. The van der Waals surface area contributed by atoms with E-state index in [4.69, 9.17) is 9.47 Å². The number of carbonyl (C=O) groups excluding carboxylic acids is 2. The quantitative estimate of drug-likeness (QED) is 0.160. The van der Waals surface area contributed by atoms with Gasteiger partial charge in [-0.3, -0.25) is 9.59 Å². The number of fused-ring (bicyclic) bond motifs is 1. The van der Waals surface area contributed by atoms with Gasteiger partial charge in [0.15, 0.2) is 0 Å². The average molecular weight is 512 g/mol. The molecule has 0 unspecified atom stereocenters. The fraction of sp³-hybridized carbons (Fsp3) is 0.312. The number of unbranched alkanes of at least 4 members (excludes halogenated alkanes) is 2. The molecule has 1 N–H and O–H groups in total. The van der Waals surface area contributed by atoms with Crippen molar-refractivity contribution in [3.05, 3.63) is 101 Å². The maximum Gasteiger partial charge on any atom is 0.295 e. The molecule has 2 aliphatic rings. The number of rotatable bonds is 9. The first-order valence-electron chi connectivity index (χ1n) is 13.3. The number of benzene rings is 3. The summed E-state index contributed by atoms with van der Waals surface area (Å²) < 4.78 is 11.7. The first kappa shape index (κ1) is 25.6. The molecule has 1 amide bonds. The van der Waals surface area contributed by atoms with Crippen LogP contribution in [0.4, 0.5) is 0 Å². The van der Waals surface area contributed by atoms with Crippen molar-refractivity contribution in [2.24, 2.45) is 0 Å². The minimum Gasteiger partial charge on any atom is -0.507 e. The van der Waals surface area contributed by atoms with Crippen molar-refractivity contribution in [3.63, 3.8) is 0 Å². The van der Waals surface area contributed by atoms with E-state index in [1.54, 1.807) is 11.0 Å². The van der Waals surface area contributed by atoms with Crippen molar-refractivity contribution in [3.8, 4) is 11.5 Å². The number of hydrogen-bond donors (Lipinski definition) is 1. The van der Waals surface area contributed by atoms with Crippen LogP contribution in [-0.4, -0.2) is 34.4 Å². The maximum absolute atomic E-state index is 13.4. The maximum atomic E-state index is 13.4. The number of hydrogen-bond acceptors (Lipinski definition) is 5. The standard InChI is InChI=1S/C32H33NO5/c1-3-4-8-17-37-26-14-11-23(12-15-26)29-28(30(34)24-13-16-27-25(19-24)18-21(2)38-27)31(35)32(36)33(29)20-22-9-6-5-7-10-22/h5-7,9-16,19,21,29,34H,3-4,8,17-18,20H2,1-2H3/t21-,29+/m0/s1. The van der Waals surface area contributed by atoms with Gasteiger partial charge >= 0.3 is 0 Å². The predicted molar refractivity (Wildman–Crippen MR) is 146 cm³/mol. The van der Waals surface area contributed by atoms with Crippen LogP contribution >= 0.6 is 0 Å². The van der Waals surface area contributed by atoms with E-state index >= 15 is 0 Å². The summed E-state index contributed by atoms with van der Waals surface area (Å²) in [6.45, 7) is 5.03. The molecule has 3 aromatic rings. The monoisotopic (exact) mass is 511 g/mol. The zero-order chi connectivity index (χ0) is 26.6. The molecule has 2 atom stereocenters. The van der Waals surface area contributed by atoms with E-state index in [9.17, 15) is 14.7 Å². The average Bonchev–Trinajstić information content (AvgIpc) is 3.43. The topological polar surface area (TPSA) is 76.1 Å². The van der Waals surface area contributed by atoms with Crippen molar-refractivity contribution in [1.29, 1.82) is 0 Å². The number of aliphatic hydroxyl groups excluding tert-OH is 1. The van der Waals surface area contributed by atoms with Crippen molar-refractivity contribution >= 4 is 17.4 Å². The Morgan fingerprint density at radius 2 is 1.79 bits per heavy atom. The summed E-state index contributed by atoms with van der Waals surface area (Å²) in [5.74, 6) is 0.0280. The normalized spacial score (nSPS) is 19.9. The van der Waals surface area contributed by atoms with Crippen LogP contribution < -0.4 is 9.47 Å². The minimum atomic E-state index is -0.729. The molecule has 0 bridgehead atoms. The van der Waals surface area contributed by atoms with E-state index < -0.39 is 17.7 Å². The first-order valence-corrected chi connectivity index (χ1v) is 13.3. The van der Waals surface area contributed by atoms with Gasteiger partial charge in [-0.25, -0.2) is 0 Å². The third-order valence-corrected chi connectivity index (χ3v) is 7.12. The lowest BCUT2D eigenvalue weighted by Gasteiger charge is -2.25. The van der Waals surface area contributed by atoms with Gasteiger partial charge in [0, 0.05) is 18.5 Å². The van der Waals surface area contributed by atoms with E-state index in [2.05, 4.69) is 6.92 Å². The van der Waals surface area contributed by atoms with E-state index in [-0.39, 0.29) is 24.0 Å². The largest absolute Gasteiger partial charge is 0.507 e. The van der Waals surface area contributed by atoms with Crippen LogP contribution in [0.2, 0.25) is 0 Å². The Kier molecular flexibility index (Phi) is 7.50. The van der Waals surface area contributed by atoms with Crippen LogP contribution in [0.3, 0.4) is 0 Å². The number of nitrogens with zero attached hydrogens (tertiary/aromatic N) is 1. The second-order valence-corrected chi connectivity index (χ2v) is 9.99. The molecule has 5 rings (SSSR count). The minimum absolute atomic E-state index is 0.0570. The van der Waals surface area contributed by atoms with Crippen LogP contribution in [0.5, 0.6) is 11.5 Å². The lowest BCUT2D eigenvalue weighted by molar-refractivity contribution is -0.140. The summed E-state index contributed by atoms with van der Waals surface area (Å²) in [5.41, 5.74) is 3.20. The molecule has 1 fully saturated rings. The second-order valence-electron chi connectivity index (χ2n) is 9.99. The molecule has 0 radical (unpaired) electrons. The van der Waals surface area contributed by atoms with Crippen LogP contribution in [0.25, 0.3) is 5.76 Å². The number of carbonyl (C=O) groups is 2. The Hall–Kier alpha value is -4.06. The van der Waals surface area contributed by atoms with Gasteiger partial charge in [0.1, 0.15) is 23.4 Å². The van der Waals surface area contributed by atoms with E-state index in [1.807, 2.05) is 73.7 Å². The molecular formula is C32H33NO5. The fourth-order valence-electron chi connectivity index (χ4n) is 5.18. The zero-order valence-corrected chi connectivity index (χ0v) is 21.9. The highest BCUT2D eigenvalue weighted by Crippen LogP contribution is 2.41. The Balaban J connectivity index is 1.52. The van der Waals surface area contributed by atoms with Gasteiger partial charge in [0.05, 0.1) is 18.2 Å². The molecule has 2 aliphatic heterocycles. The van der Waals surface area contributed by atoms with Gasteiger partial charge in [0.25, 0.3) is 11.7 Å². The van der Waals surface area contributed by atoms with Gasteiger partial charge in [-0.15, -0.1) is 0 Å². The number of amides is 1. The Bertz CT molecular complexity index is 1350. The number of ketones is 1. The highest BCUT2D eigenvalue weighted by molar-refractivity contribution is 6.46. The van der Waals surface area contributed by atoms with Crippen LogP contribution in [-0.2, 0) is 22.6 Å². The van der Waals surface area contributed by atoms with Crippen LogP contribution in [0.1, 0.15) is 61.4 Å². The number of likely N-dealkylation sites (tertiary alicyclic amines) is 1. The van der Waals surface area contributed by atoms with Gasteiger partial charge in [-0.05, 0) is 60.4 Å². The van der Waals surface area contributed by atoms with Gasteiger partial charge in [-0.2, -0.15) is 0 Å². The van der Waals surface area contributed by atoms with Gasteiger partial charge < -0.3 is 19.5 Å². The van der Waals surface area contributed by atoms with Crippen molar-refractivity contribution in [2.45, 2.75) is 58.2 Å². The molecule has 196 valence electrons. The number of Topliss-reactive ketones (excluding diaryl/α,β-unsaturated/α-hetero) is 1. The SMILES string of the molecule is CCCCCOc1ccc([C@@H]2C(=C(O)c3ccc4c(c3)C[C@H](C)O4)C(=O)C(=O)N2Cc2ccccc2)cc1. The molecule has 0 spiro atoms. The second kappa shape index (κ2) is 11.1. The fourth-order valence-corrected chi connectivity index (χ4v) is 5.18. The van der Waals surface area contributed by atoms with E-state index in [0.717, 1.165) is 53.9 Å². The molecular weight excluding hydrogens is 478 g/mol. The van der Waals surface area contributed by atoms with Crippen molar-refractivity contribution in [2.75, 3.05) is 6.61 Å². The first-order chi connectivity index (χ1) is 18.5. The highest BCUT2D eigenvalue weighted by atomic mass is 16.5. The summed E-state index contributed by atoms with van der Waals surface area (Å²) in [6.07, 6.45) is 4.00. The predicted octanol–water partition coefficient (Wildman–Crippen LogP) is 6.20. The smallest absolute Gasteiger partial charge is 0.295 e. The van der Waals surface area contributed by atoms with Crippen LogP contribution in [0.15, 0.2) is 78.4 Å². The molecule has 0 aliphatic carbocycles. The summed E-state index contributed by atoms with van der Waals surface area (Å²) in [7, 11) is 0. The summed E-state index contributed by atoms with van der Waals surface area (Å²) >= 11 is 0. The lowest BCUT2D eigenvalue weighted by Crippen LogP contribution is -2.29. The molecule has 0 aromatic heterocycles. The third-order valence-electron chi connectivity index (χ3n) is 7.12. The zero-order valence-electron chi connectivity index (χ0n) is 21.9. The number of aliphatic hydroxyl groups is 1. The summed E-state index contributed by atoms with van der Waals surface area (Å²) in [6, 6.07) is 21.7. The van der Waals surface area contributed by atoms with E-state index in [0.29, 0.717) is 12.2 Å². The van der Waals surface area contributed by atoms with Crippen molar-refractivity contribution < 1.29 is 24.2 Å². The summed E-state index contributed by atoms with van der Waals surface area (Å²) in [4.78, 5) is 28.3. The number of ether oxygens (including phenoxy) is 2.